The van der Waals surface area contributed by atoms with Gasteiger partial charge in [0.1, 0.15) is 0 Å². The average Bonchev–Trinajstić information content (AvgIpc) is 2.22. The Morgan fingerprint density at radius 2 is 1.76 bits per heavy atom. The molecule has 4 unspecified atom stereocenters. The minimum atomic E-state index is 0.0729. The maximum atomic E-state index is 5.78. The summed E-state index contributed by atoms with van der Waals surface area (Å²) >= 11 is 0. The third-order valence-electron chi connectivity index (χ3n) is 4.77. The zero-order valence-electron chi connectivity index (χ0n) is 12.0. The Morgan fingerprint density at radius 1 is 1.00 bits per heavy atom. The van der Waals surface area contributed by atoms with Gasteiger partial charge in [-0.15, -0.1) is 0 Å². The molecule has 0 aromatic carbocycles. The molecule has 2 fully saturated rings. The van der Waals surface area contributed by atoms with Gasteiger partial charge in [-0.25, -0.2) is 0 Å². The first-order chi connectivity index (χ1) is 7.96. The SMILES string of the molecule is CC1CCC(NC2CCOC(C)(C)C2)CC1C. The normalized spacial score (nSPS) is 42.4. The van der Waals surface area contributed by atoms with Gasteiger partial charge in [-0.3, -0.25) is 0 Å². The second kappa shape index (κ2) is 5.27. The molecule has 2 nitrogen and oxygen atoms in total. The van der Waals surface area contributed by atoms with Gasteiger partial charge in [0.2, 0.25) is 0 Å². The van der Waals surface area contributed by atoms with Crippen molar-refractivity contribution in [2.75, 3.05) is 6.61 Å². The molecular formula is C15H29NO. The van der Waals surface area contributed by atoms with Gasteiger partial charge in [-0.05, 0) is 57.8 Å². The van der Waals surface area contributed by atoms with E-state index in [1.54, 1.807) is 0 Å². The van der Waals surface area contributed by atoms with Crippen LogP contribution in [0.2, 0.25) is 0 Å². The number of hydrogen-bond acceptors (Lipinski definition) is 2. The van der Waals surface area contributed by atoms with E-state index in [1.165, 1.54) is 25.7 Å². The second-order valence-electron chi connectivity index (χ2n) is 6.93. The number of rotatable bonds is 2. The first kappa shape index (κ1) is 13.4. The molecule has 1 saturated carbocycles. The van der Waals surface area contributed by atoms with Gasteiger partial charge in [0.25, 0.3) is 0 Å². The van der Waals surface area contributed by atoms with E-state index in [1.807, 2.05) is 0 Å². The Hall–Kier alpha value is -0.0800. The Morgan fingerprint density at radius 3 is 2.41 bits per heavy atom. The van der Waals surface area contributed by atoms with Crippen LogP contribution in [0.1, 0.15) is 59.8 Å². The van der Waals surface area contributed by atoms with E-state index < -0.39 is 0 Å². The molecule has 0 bridgehead atoms. The summed E-state index contributed by atoms with van der Waals surface area (Å²) in [6.45, 7) is 10.2. The monoisotopic (exact) mass is 239 g/mol. The Balaban J connectivity index is 1.81. The third-order valence-corrected chi connectivity index (χ3v) is 4.77. The van der Waals surface area contributed by atoms with E-state index in [2.05, 4.69) is 33.0 Å². The highest BCUT2D eigenvalue weighted by Crippen LogP contribution is 2.31. The lowest BCUT2D eigenvalue weighted by atomic mass is 9.78. The summed E-state index contributed by atoms with van der Waals surface area (Å²) in [7, 11) is 0. The minimum Gasteiger partial charge on any atom is -0.375 e. The van der Waals surface area contributed by atoms with Crippen molar-refractivity contribution in [1.82, 2.24) is 5.32 Å². The van der Waals surface area contributed by atoms with Crippen LogP contribution in [0.5, 0.6) is 0 Å². The van der Waals surface area contributed by atoms with Crippen LogP contribution in [0, 0.1) is 11.8 Å². The van der Waals surface area contributed by atoms with Crippen LogP contribution in [0.25, 0.3) is 0 Å². The van der Waals surface area contributed by atoms with Crippen LogP contribution >= 0.6 is 0 Å². The van der Waals surface area contributed by atoms with Crippen LogP contribution in [-0.2, 0) is 4.74 Å². The molecule has 1 aliphatic carbocycles. The van der Waals surface area contributed by atoms with Gasteiger partial charge in [-0.2, -0.15) is 0 Å². The highest BCUT2D eigenvalue weighted by molar-refractivity contribution is 4.87. The van der Waals surface area contributed by atoms with Crippen LogP contribution in [0.4, 0.5) is 0 Å². The fraction of sp³-hybridized carbons (Fsp3) is 1.00. The lowest BCUT2D eigenvalue weighted by Crippen LogP contribution is -2.48. The molecule has 1 N–H and O–H groups in total. The molecule has 0 radical (unpaired) electrons. The number of ether oxygens (including phenoxy) is 1. The molecule has 0 aromatic heterocycles. The summed E-state index contributed by atoms with van der Waals surface area (Å²) in [5, 5.41) is 3.88. The van der Waals surface area contributed by atoms with E-state index in [0.29, 0.717) is 6.04 Å². The summed E-state index contributed by atoms with van der Waals surface area (Å²) in [5.74, 6) is 1.80. The van der Waals surface area contributed by atoms with Gasteiger partial charge >= 0.3 is 0 Å². The zero-order chi connectivity index (χ0) is 12.5. The van der Waals surface area contributed by atoms with Crippen molar-refractivity contribution in [1.29, 1.82) is 0 Å². The number of hydrogen-bond donors (Lipinski definition) is 1. The van der Waals surface area contributed by atoms with Crippen molar-refractivity contribution in [3.8, 4) is 0 Å². The van der Waals surface area contributed by atoms with Crippen molar-refractivity contribution in [3.63, 3.8) is 0 Å². The molecule has 100 valence electrons. The predicted molar refractivity (Wildman–Crippen MR) is 72.2 cm³/mol. The van der Waals surface area contributed by atoms with E-state index >= 15 is 0 Å². The molecule has 17 heavy (non-hydrogen) atoms. The number of nitrogens with one attached hydrogen (secondary N) is 1. The second-order valence-corrected chi connectivity index (χ2v) is 6.93. The van der Waals surface area contributed by atoms with Gasteiger partial charge in [0.05, 0.1) is 5.60 Å². The Labute approximate surface area is 107 Å². The largest absolute Gasteiger partial charge is 0.375 e. The lowest BCUT2D eigenvalue weighted by Gasteiger charge is -2.40. The smallest absolute Gasteiger partial charge is 0.0641 e. The fourth-order valence-corrected chi connectivity index (χ4v) is 3.41. The van der Waals surface area contributed by atoms with Crippen LogP contribution < -0.4 is 5.32 Å². The zero-order valence-corrected chi connectivity index (χ0v) is 12.0. The molecule has 2 rings (SSSR count). The summed E-state index contributed by atoms with van der Waals surface area (Å²) in [6, 6.07) is 1.42. The van der Waals surface area contributed by atoms with E-state index in [9.17, 15) is 0 Å². The van der Waals surface area contributed by atoms with Gasteiger partial charge in [0, 0.05) is 18.7 Å². The first-order valence-electron chi connectivity index (χ1n) is 7.36. The Kier molecular flexibility index (Phi) is 4.14. The summed E-state index contributed by atoms with van der Waals surface area (Å²) in [4.78, 5) is 0. The summed E-state index contributed by atoms with van der Waals surface area (Å²) in [6.07, 6.45) is 6.46. The van der Waals surface area contributed by atoms with Gasteiger partial charge in [-0.1, -0.05) is 13.8 Å². The topological polar surface area (TPSA) is 21.3 Å². The summed E-state index contributed by atoms with van der Waals surface area (Å²) < 4.78 is 5.78. The van der Waals surface area contributed by atoms with Crippen molar-refractivity contribution in [2.45, 2.75) is 77.5 Å². The van der Waals surface area contributed by atoms with Crippen molar-refractivity contribution in [2.24, 2.45) is 11.8 Å². The highest BCUT2D eigenvalue weighted by atomic mass is 16.5. The van der Waals surface area contributed by atoms with Crippen molar-refractivity contribution in [3.05, 3.63) is 0 Å². The lowest BCUT2D eigenvalue weighted by molar-refractivity contribution is -0.0650. The molecule has 1 saturated heterocycles. The van der Waals surface area contributed by atoms with E-state index in [4.69, 9.17) is 4.74 Å². The summed E-state index contributed by atoms with van der Waals surface area (Å²) in [5.41, 5.74) is 0.0729. The first-order valence-corrected chi connectivity index (χ1v) is 7.36. The van der Waals surface area contributed by atoms with Crippen LogP contribution in [0.15, 0.2) is 0 Å². The third kappa shape index (κ3) is 3.69. The molecular weight excluding hydrogens is 210 g/mol. The molecule has 0 amide bonds. The van der Waals surface area contributed by atoms with E-state index in [0.717, 1.165) is 30.9 Å². The fourth-order valence-electron chi connectivity index (χ4n) is 3.41. The maximum Gasteiger partial charge on any atom is 0.0641 e. The minimum absolute atomic E-state index is 0.0729. The molecule has 0 aromatic rings. The predicted octanol–water partition coefficient (Wildman–Crippen LogP) is 3.36. The van der Waals surface area contributed by atoms with Crippen molar-refractivity contribution >= 4 is 0 Å². The molecule has 2 aliphatic rings. The standard InChI is InChI=1S/C15H29NO/c1-11-5-6-13(9-12(11)2)16-14-7-8-17-15(3,4)10-14/h11-14,16H,5-10H2,1-4H3. The highest BCUT2D eigenvalue weighted by Gasteiger charge is 2.31. The average molecular weight is 239 g/mol. The molecule has 1 heterocycles. The van der Waals surface area contributed by atoms with Crippen LogP contribution in [0.3, 0.4) is 0 Å². The molecule has 2 heteroatoms. The molecule has 1 aliphatic heterocycles. The van der Waals surface area contributed by atoms with Crippen LogP contribution in [-0.4, -0.2) is 24.3 Å². The van der Waals surface area contributed by atoms with E-state index in [-0.39, 0.29) is 5.60 Å². The van der Waals surface area contributed by atoms with Gasteiger partial charge < -0.3 is 10.1 Å². The van der Waals surface area contributed by atoms with Gasteiger partial charge in [0.15, 0.2) is 0 Å². The Bertz CT molecular complexity index is 251. The molecule has 4 atom stereocenters. The maximum absolute atomic E-state index is 5.78. The molecule has 0 spiro atoms. The van der Waals surface area contributed by atoms with Crippen molar-refractivity contribution < 1.29 is 4.74 Å². The quantitative estimate of drug-likeness (QED) is 0.798.